The van der Waals surface area contributed by atoms with Gasteiger partial charge in [0.05, 0.1) is 0 Å². The molecule has 0 aliphatic rings. The van der Waals surface area contributed by atoms with Crippen LogP contribution in [0.15, 0.2) is 22.7 Å². The molecule has 96 valence electrons. The van der Waals surface area contributed by atoms with Gasteiger partial charge in [-0.05, 0) is 30.7 Å². The summed E-state index contributed by atoms with van der Waals surface area (Å²) in [5, 5.41) is 8.03. The zero-order chi connectivity index (χ0) is 13.1. The van der Waals surface area contributed by atoms with Crippen molar-refractivity contribution in [1.29, 1.82) is 0 Å². The molecule has 0 spiro atoms. The molecule has 5 nitrogen and oxygen atoms in total. The van der Waals surface area contributed by atoms with E-state index in [2.05, 4.69) is 26.1 Å². The van der Waals surface area contributed by atoms with Gasteiger partial charge in [0.1, 0.15) is 18.2 Å². The summed E-state index contributed by atoms with van der Waals surface area (Å²) in [6.07, 6.45) is 0. The van der Waals surface area contributed by atoms with Gasteiger partial charge in [0, 0.05) is 18.1 Å². The van der Waals surface area contributed by atoms with Gasteiger partial charge in [0.25, 0.3) is 0 Å². The summed E-state index contributed by atoms with van der Waals surface area (Å²) in [6, 6.07) is 5.75. The lowest BCUT2D eigenvalue weighted by Crippen LogP contribution is -2.05. The monoisotopic (exact) mass is 310 g/mol. The zero-order valence-electron chi connectivity index (χ0n) is 10.4. The highest BCUT2D eigenvalue weighted by molar-refractivity contribution is 9.10. The first kappa shape index (κ1) is 13.0. The molecule has 0 fully saturated rings. The molecule has 1 aromatic heterocycles. The summed E-state index contributed by atoms with van der Waals surface area (Å²) in [5.74, 6) is 2.44. The van der Waals surface area contributed by atoms with E-state index in [4.69, 9.17) is 10.5 Å². The molecule has 0 saturated carbocycles. The van der Waals surface area contributed by atoms with E-state index in [9.17, 15) is 0 Å². The minimum Gasteiger partial charge on any atom is -0.486 e. The van der Waals surface area contributed by atoms with Gasteiger partial charge in [-0.2, -0.15) is 0 Å². The molecule has 0 amide bonds. The Kier molecular flexibility index (Phi) is 3.98. The SMILES string of the molecule is Cc1nnc(COc2ccc(Br)c(CN)c2)n1C. The second kappa shape index (κ2) is 5.49. The average Bonchev–Trinajstić information content (AvgIpc) is 2.69. The van der Waals surface area contributed by atoms with Crippen molar-refractivity contribution < 1.29 is 4.74 Å². The molecule has 1 aromatic carbocycles. The lowest BCUT2D eigenvalue weighted by atomic mass is 10.2. The molecule has 0 aliphatic heterocycles. The predicted octanol–water partition coefficient (Wildman–Crippen LogP) is 1.92. The maximum absolute atomic E-state index is 5.68. The Morgan fingerprint density at radius 2 is 2.17 bits per heavy atom. The standard InChI is InChI=1S/C12H15BrN4O/c1-8-15-16-12(17(8)2)7-18-10-3-4-11(13)9(5-10)6-14/h3-5H,6-7,14H2,1-2H3. The lowest BCUT2D eigenvalue weighted by Gasteiger charge is -2.08. The largest absolute Gasteiger partial charge is 0.486 e. The second-order valence-electron chi connectivity index (χ2n) is 3.97. The molecule has 2 rings (SSSR count). The molecular weight excluding hydrogens is 296 g/mol. The van der Waals surface area contributed by atoms with Gasteiger partial charge in [-0.3, -0.25) is 0 Å². The van der Waals surface area contributed by atoms with Crippen molar-refractivity contribution in [1.82, 2.24) is 14.8 Å². The van der Waals surface area contributed by atoms with Crippen molar-refractivity contribution in [3.05, 3.63) is 39.9 Å². The van der Waals surface area contributed by atoms with Gasteiger partial charge in [0.15, 0.2) is 5.82 Å². The first-order valence-electron chi connectivity index (χ1n) is 5.58. The van der Waals surface area contributed by atoms with Crippen molar-refractivity contribution in [3.8, 4) is 5.75 Å². The van der Waals surface area contributed by atoms with Crippen molar-refractivity contribution in [2.75, 3.05) is 0 Å². The van der Waals surface area contributed by atoms with Crippen molar-refractivity contribution in [2.24, 2.45) is 12.8 Å². The van der Waals surface area contributed by atoms with Crippen LogP contribution in [0.1, 0.15) is 17.2 Å². The van der Waals surface area contributed by atoms with Crippen molar-refractivity contribution in [2.45, 2.75) is 20.1 Å². The highest BCUT2D eigenvalue weighted by atomic mass is 79.9. The van der Waals surface area contributed by atoms with Crippen LogP contribution in [-0.2, 0) is 20.2 Å². The van der Waals surface area contributed by atoms with Crippen LogP contribution < -0.4 is 10.5 Å². The van der Waals surface area contributed by atoms with Crippen LogP contribution in [0.25, 0.3) is 0 Å². The van der Waals surface area contributed by atoms with E-state index in [-0.39, 0.29) is 0 Å². The zero-order valence-corrected chi connectivity index (χ0v) is 11.9. The summed E-state index contributed by atoms with van der Waals surface area (Å²) >= 11 is 3.44. The number of ether oxygens (including phenoxy) is 1. The van der Waals surface area contributed by atoms with E-state index in [1.54, 1.807) is 0 Å². The normalized spacial score (nSPS) is 10.7. The van der Waals surface area contributed by atoms with E-state index < -0.39 is 0 Å². The van der Waals surface area contributed by atoms with Gasteiger partial charge in [0.2, 0.25) is 0 Å². The Balaban J connectivity index is 2.08. The summed E-state index contributed by atoms with van der Waals surface area (Å²) in [7, 11) is 1.92. The van der Waals surface area contributed by atoms with E-state index in [0.29, 0.717) is 13.2 Å². The van der Waals surface area contributed by atoms with Gasteiger partial charge in [-0.15, -0.1) is 10.2 Å². The number of nitrogens with zero attached hydrogens (tertiary/aromatic N) is 3. The third kappa shape index (κ3) is 2.70. The summed E-state index contributed by atoms with van der Waals surface area (Å²) < 4.78 is 8.58. The molecule has 1 heterocycles. The smallest absolute Gasteiger partial charge is 0.170 e. The number of aromatic nitrogens is 3. The molecule has 0 radical (unpaired) electrons. The molecule has 0 aliphatic carbocycles. The third-order valence-corrected chi connectivity index (χ3v) is 3.56. The minimum absolute atomic E-state index is 0.392. The van der Waals surface area contributed by atoms with Crippen LogP contribution in [0.3, 0.4) is 0 Å². The molecule has 2 N–H and O–H groups in total. The van der Waals surface area contributed by atoms with E-state index in [1.807, 2.05) is 36.7 Å². The fourth-order valence-corrected chi connectivity index (χ4v) is 1.93. The van der Waals surface area contributed by atoms with Gasteiger partial charge in [-0.25, -0.2) is 0 Å². The average molecular weight is 311 g/mol. The maximum Gasteiger partial charge on any atom is 0.170 e. The fourth-order valence-electron chi connectivity index (χ4n) is 1.52. The number of aryl methyl sites for hydroxylation is 1. The Morgan fingerprint density at radius 3 is 2.78 bits per heavy atom. The molecule has 0 saturated heterocycles. The van der Waals surface area contributed by atoms with Gasteiger partial charge >= 0.3 is 0 Å². The van der Waals surface area contributed by atoms with Gasteiger partial charge in [-0.1, -0.05) is 15.9 Å². The van der Waals surface area contributed by atoms with Crippen molar-refractivity contribution in [3.63, 3.8) is 0 Å². The number of nitrogens with two attached hydrogens (primary N) is 1. The molecule has 6 heteroatoms. The lowest BCUT2D eigenvalue weighted by molar-refractivity contribution is 0.290. The third-order valence-electron chi connectivity index (χ3n) is 2.79. The van der Waals surface area contributed by atoms with Crippen molar-refractivity contribution >= 4 is 15.9 Å². The molecule has 18 heavy (non-hydrogen) atoms. The molecule has 2 aromatic rings. The summed E-state index contributed by atoms with van der Waals surface area (Å²) in [6.45, 7) is 2.77. The first-order valence-corrected chi connectivity index (χ1v) is 6.37. The van der Waals surface area contributed by atoms with Gasteiger partial charge < -0.3 is 15.0 Å². The highest BCUT2D eigenvalue weighted by Crippen LogP contribution is 2.22. The summed E-state index contributed by atoms with van der Waals surface area (Å²) in [4.78, 5) is 0. The minimum atomic E-state index is 0.392. The molecular formula is C12H15BrN4O. The Labute approximate surface area is 114 Å². The Bertz CT molecular complexity index is 553. The van der Waals surface area contributed by atoms with Crippen LogP contribution in [0.4, 0.5) is 0 Å². The molecule has 0 bridgehead atoms. The topological polar surface area (TPSA) is 66.0 Å². The Morgan fingerprint density at radius 1 is 1.39 bits per heavy atom. The molecule has 0 unspecified atom stereocenters. The predicted molar refractivity (Wildman–Crippen MR) is 72.1 cm³/mol. The first-order chi connectivity index (χ1) is 8.61. The number of rotatable bonds is 4. The van der Waals surface area contributed by atoms with E-state index in [1.165, 1.54) is 0 Å². The quantitative estimate of drug-likeness (QED) is 0.937. The second-order valence-corrected chi connectivity index (χ2v) is 4.82. The maximum atomic E-state index is 5.68. The highest BCUT2D eigenvalue weighted by Gasteiger charge is 2.06. The van der Waals surface area contributed by atoms with Crippen LogP contribution in [-0.4, -0.2) is 14.8 Å². The molecule has 0 atom stereocenters. The number of halogens is 1. The van der Waals surface area contributed by atoms with E-state index in [0.717, 1.165) is 27.4 Å². The number of hydrogen-bond donors (Lipinski definition) is 1. The number of hydrogen-bond acceptors (Lipinski definition) is 4. The fraction of sp³-hybridized carbons (Fsp3) is 0.333. The summed E-state index contributed by atoms with van der Waals surface area (Å²) in [5.41, 5.74) is 6.66. The Hall–Kier alpha value is -1.40. The van der Waals surface area contributed by atoms with E-state index >= 15 is 0 Å². The van der Waals surface area contributed by atoms with Crippen LogP contribution >= 0.6 is 15.9 Å². The van der Waals surface area contributed by atoms with Crippen LogP contribution in [0, 0.1) is 6.92 Å². The number of benzene rings is 1. The van der Waals surface area contributed by atoms with Crippen LogP contribution in [0.5, 0.6) is 5.75 Å². The van der Waals surface area contributed by atoms with Crippen LogP contribution in [0.2, 0.25) is 0 Å².